The van der Waals surface area contributed by atoms with Crippen LogP contribution in [0.25, 0.3) is 21.9 Å². The zero-order valence-corrected chi connectivity index (χ0v) is 17.6. The van der Waals surface area contributed by atoms with Crippen molar-refractivity contribution >= 4 is 45.2 Å². The third-order valence-corrected chi connectivity index (χ3v) is 6.22. The normalized spacial score (nSPS) is 19.5. The molecule has 6 heteroatoms. The molecule has 0 saturated heterocycles. The number of carboxylic acids is 1. The summed E-state index contributed by atoms with van der Waals surface area (Å²) in [4.78, 5) is 27.3. The molecule has 0 radical (unpaired) electrons. The molecule has 158 valence electrons. The van der Waals surface area contributed by atoms with Crippen LogP contribution >= 0.6 is 0 Å². The van der Waals surface area contributed by atoms with Crippen molar-refractivity contribution in [3.05, 3.63) is 35.9 Å². The second kappa shape index (κ2) is 7.67. The zero-order valence-electron chi connectivity index (χ0n) is 17.6. The molecule has 0 bridgehead atoms. The molecule has 1 saturated carbocycles. The van der Waals surface area contributed by atoms with Crippen molar-refractivity contribution in [3.63, 3.8) is 0 Å². The lowest BCUT2D eigenvalue weighted by Crippen LogP contribution is -2.42. The Morgan fingerprint density at radius 2 is 1.73 bits per heavy atom. The molecule has 3 N–H and O–H groups in total. The van der Waals surface area contributed by atoms with Crippen LogP contribution in [-0.2, 0) is 4.79 Å². The first-order valence-corrected chi connectivity index (χ1v) is 10.6. The van der Waals surface area contributed by atoms with Gasteiger partial charge in [0.25, 0.3) is 0 Å². The summed E-state index contributed by atoms with van der Waals surface area (Å²) in [7, 11) is 0. The number of hydrogen-bond donors (Lipinski definition) is 2. The number of amides is 1. The first-order chi connectivity index (χ1) is 14.3. The third kappa shape index (κ3) is 3.51. The van der Waals surface area contributed by atoms with Gasteiger partial charge in [-0.25, -0.2) is 4.79 Å². The lowest BCUT2D eigenvalue weighted by molar-refractivity contribution is -0.123. The summed E-state index contributed by atoms with van der Waals surface area (Å²) in [6.45, 7) is 6.06. The number of anilines is 2. The lowest BCUT2D eigenvalue weighted by atomic mass is 9.82. The number of carbonyl (C=O) groups is 2. The Bertz CT molecular complexity index is 1120. The van der Waals surface area contributed by atoms with E-state index in [2.05, 4.69) is 6.92 Å². The van der Waals surface area contributed by atoms with Gasteiger partial charge in [0.15, 0.2) is 0 Å². The third-order valence-electron chi connectivity index (χ3n) is 6.22. The van der Waals surface area contributed by atoms with Crippen LogP contribution in [0.15, 0.2) is 34.7 Å². The summed E-state index contributed by atoms with van der Waals surface area (Å²) < 4.78 is 5.86. The van der Waals surface area contributed by atoms with Gasteiger partial charge in [-0.05, 0) is 75.8 Å². The molecule has 0 unspecified atom stereocenters. The van der Waals surface area contributed by atoms with Gasteiger partial charge in [0.2, 0.25) is 5.91 Å². The Morgan fingerprint density at radius 1 is 1.07 bits per heavy atom. The summed E-state index contributed by atoms with van der Waals surface area (Å²) in [6, 6.07) is 8.46. The zero-order chi connectivity index (χ0) is 21.6. The number of nitrogen functional groups attached to an aromatic ring is 1. The SMILES string of the molecule is CC1CCC(C(=O)N(c2cc3c(cc2C(=O)O)oc2ccc(N)cc23)C(C)C)CC1. The summed E-state index contributed by atoms with van der Waals surface area (Å²) in [5.74, 6) is -0.512. The van der Waals surface area contributed by atoms with Crippen molar-refractivity contribution in [3.8, 4) is 0 Å². The molecule has 30 heavy (non-hydrogen) atoms. The van der Waals surface area contributed by atoms with Gasteiger partial charge in [0.1, 0.15) is 11.2 Å². The van der Waals surface area contributed by atoms with E-state index in [9.17, 15) is 14.7 Å². The molecule has 2 aromatic carbocycles. The molecular weight excluding hydrogens is 380 g/mol. The summed E-state index contributed by atoms with van der Waals surface area (Å²) >= 11 is 0. The van der Waals surface area contributed by atoms with Crippen LogP contribution in [0.4, 0.5) is 11.4 Å². The topological polar surface area (TPSA) is 96.8 Å². The molecule has 0 atom stereocenters. The highest BCUT2D eigenvalue weighted by Crippen LogP contribution is 2.38. The van der Waals surface area contributed by atoms with Gasteiger partial charge in [0, 0.05) is 28.4 Å². The van der Waals surface area contributed by atoms with Crippen LogP contribution in [0.5, 0.6) is 0 Å². The van der Waals surface area contributed by atoms with Crippen LogP contribution in [0.3, 0.4) is 0 Å². The smallest absolute Gasteiger partial charge is 0.337 e. The van der Waals surface area contributed by atoms with Crippen LogP contribution in [0.1, 0.15) is 56.8 Å². The number of carbonyl (C=O) groups excluding carboxylic acids is 1. The fraction of sp³-hybridized carbons (Fsp3) is 0.417. The highest BCUT2D eigenvalue weighted by molar-refractivity contribution is 6.12. The van der Waals surface area contributed by atoms with Gasteiger partial charge in [-0.1, -0.05) is 6.92 Å². The van der Waals surface area contributed by atoms with Crippen molar-refractivity contribution in [2.24, 2.45) is 11.8 Å². The molecule has 1 aliphatic rings. The molecule has 3 aromatic rings. The molecule has 0 aliphatic heterocycles. The Balaban J connectivity index is 1.87. The Labute approximate surface area is 175 Å². The lowest BCUT2D eigenvalue weighted by Gasteiger charge is -2.34. The maximum Gasteiger partial charge on any atom is 0.337 e. The van der Waals surface area contributed by atoms with Crippen molar-refractivity contribution < 1.29 is 19.1 Å². The Hall–Kier alpha value is -3.02. The summed E-state index contributed by atoms with van der Waals surface area (Å²) in [5.41, 5.74) is 8.15. The molecule has 1 heterocycles. The minimum absolute atomic E-state index is 0.00562. The van der Waals surface area contributed by atoms with E-state index in [-0.39, 0.29) is 23.4 Å². The molecule has 1 fully saturated rings. The first kappa shape index (κ1) is 20.3. The van der Waals surface area contributed by atoms with Crippen molar-refractivity contribution in [1.82, 2.24) is 0 Å². The van der Waals surface area contributed by atoms with E-state index in [1.807, 2.05) is 19.9 Å². The number of benzene rings is 2. The van der Waals surface area contributed by atoms with E-state index < -0.39 is 5.97 Å². The standard InChI is InChI=1S/C24H28N2O4/c1-13(2)26(23(27)15-6-4-14(3)5-7-15)20-11-18-17-10-16(25)8-9-21(17)30-22(18)12-19(20)24(28)29/h8-15H,4-7,25H2,1-3H3,(H,28,29). The minimum Gasteiger partial charge on any atom is -0.478 e. The molecule has 1 aromatic heterocycles. The monoisotopic (exact) mass is 408 g/mol. The van der Waals surface area contributed by atoms with Crippen molar-refractivity contribution in [1.29, 1.82) is 0 Å². The maximum atomic E-state index is 13.5. The van der Waals surface area contributed by atoms with Gasteiger partial charge in [0.05, 0.1) is 11.3 Å². The molecule has 0 spiro atoms. The predicted molar refractivity (Wildman–Crippen MR) is 119 cm³/mol. The number of furan rings is 1. The Kier molecular flexibility index (Phi) is 5.18. The largest absolute Gasteiger partial charge is 0.478 e. The van der Waals surface area contributed by atoms with E-state index >= 15 is 0 Å². The molecule has 1 amide bonds. The van der Waals surface area contributed by atoms with E-state index in [4.69, 9.17) is 10.2 Å². The van der Waals surface area contributed by atoms with Crippen LogP contribution < -0.4 is 10.6 Å². The highest BCUT2D eigenvalue weighted by atomic mass is 16.4. The average molecular weight is 408 g/mol. The fourth-order valence-electron chi connectivity index (χ4n) is 4.55. The average Bonchev–Trinajstić information content (AvgIpc) is 3.04. The first-order valence-electron chi connectivity index (χ1n) is 10.6. The fourth-order valence-corrected chi connectivity index (χ4v) is 4.55. The molecule has 6 nitrogen and oxygen atoms in total. The van der Waals surface area contributed by atoms with E-state index in [0.717, 1.165) is 36.5 Å². The summed E-state index contributed by atoms with van der Waals surface area (Å²) in [6.07, 6.45) is 3.75. The van der Waals surface area contributed by atoms with E-state index in [0.29, 0.717) is 28.5 Å². The van der Waals surface area contributed by atoms with Crippen LogP contribution in [0, 0.1) is 11.8 Å². The van der Waals surface area contributed by atoms with Gasteiger partial charge < -0.3 is 20.2 Å². The molecular formula is C24H28N2O4. The van der Waals surface area contributed by atoms with Crippen molar-refractivity contribution in [2.45, 2.75) is 52.5 Å². The van der Waals surface area contributed by atoms with Crippen LogP contribution in [-0.4, -0.2) is 23.0 Å². The number of nitrogens with zero attached hydrogens (tertiary/aromatic N) is 1. The number of rotatable bonds is 4. The quantitative estimate of drug-likeness (QED) is 0.561. The van der Waals surface area contributed by atoms with Crippen LogP contribution in [0.2, 0.25) is 0 Å². The Morgan fingerprint density at radius 3 is 2.37 bits per heavy atom. The van der Waals surface area contributed by atoms with Crippen molar-refractivity contribution in [2.75, 3.05) is 10.6 Å². The van der Waals surface area contributed by atoms with E-state index in [1.54, 1.807) is 23.1 Å². The summed E-state index contributed by atoms with van der Waals surface area (Å²) in [5, 5.41) is 11.5. The number of hydrogen-bond acceptors (Lipinski definition) is 4. The second-order valence-corrected chi connectivity index (χ2v) is 8.79. The van der Waals surface area contributed by atoms with Gasteiger partial charge in [-0.3, -0.25) is 4.79 Å². The highest BCUT2D eigenvalue weighted by Gasteiger charge is 2.32. The number of carboxylic acid groups (broad SMARTS) is 1. The maximum absolute atomic E-state index is 13.5. The predicted octanol–water partition coefficient (Wildman–Crippen LogP) is 5.43. The minimum atomic E-state index is -1.08. The van der Waals surface area contributed by atoms with Gasteiger partial charge in [-0.15, -0.1) is 0 Å². The number of nitrogens with two attached hydrogens (primary N) is 1. The van der Waals surface area contributed by atoms with Gasteiger partial charge >= 0.3 is 5.97 Å². The number of fused-ring (bicyclic) bond motifs is 3. The van der Waals surface area contributed by atoms with E-state index in [1.165, 1.54) is 6.07 Å². The van der Waals surface area contributed by atoms with Gasteiger partial charge in [-0.2, -0.15) is 0 Å². The molecule has 1 aliphatic carbocycles. The number of aromatic carboxylic acids is 1. The molecule has 4 rings (SSSR count). The second-order valence-electron chi connectivity index (χ2n) is 8.79.